The number of benzene rings is 2. The molecule has 0 aliphatic carbocycles. The van der Waals surface area contributed by atoms with E-state index in [-0.39, 0.29) is 55.2 Å². The Kier molecular flexibility index (Phi) is 6.41. The van der Waals surface area contributed by atoms with Crippen molar-refractivity contribution in [2.45, 2.75) is 6.42 Å². The minimum Gasteiger partial charge on any atom is -1.00 e. The van der Waals surface area contributed by atoms with Crippen LogP contribution in [0.1, 0.15) is 7.85 Å². The topological polar surface area (TPSA) is 80.7 Å². The van der Waals surface area contributed by atoms with E-state index in [1.807, 2.05) is 24.3 Å². The largest absolute Gasteiger partial charge is 1.00 e. The smallest absolute Gasteiger partial charge is 1.00 e. The maximum Gasteiger partial charge on any atom is 1.00 e. The first-order valence-corrected chi connectivity index (χ1v) is 9.40. The Hall–Kier alpha value is -0.960. The zero-order valence-electron chi connectivity index (χ0n) is 14.1. The van der Waals surface area contributed by atoms with Gasteiger partial charge in [0.25, 0.3) is 10.1 Å². The molecule has 3 aromatic rings. The van der Waals surface area contributed by atoms with Crippen LogP contribution in [0.5, 0.6) is 5.75 Å². The van der Waals surface area contributed by atoms with Crippen molar-refractivity contribution in [3.05, 3.63) is 52.7 Å². The molecule has 0 bridgehead atoms. The molecule has 5 nitrogen and oxygen atoms in total. The van der Waals surface area contributed by atoms with Crippen LogP contribution in [-0.4, -0.2) is 25.3 Å². The van der Waals surface area contributed by atoms with Crippen molar-refractivity contribution in [1.82, 2.24) is 0 Å². The Labute approximate surface area is 166 Å². The van der Waals surface area contributed by atoms with E-state index in [2.05, 4.69) is 0 Å². The maximum absolute atomic E-state index is 12.5. The van der Waals surface area contributed by atoms with Gasteiger partial charge in [0, 0.05) is 20.2 Å². The Morgan fingerprint density at radius 2 is 1.79 bits per heavy atom. The quantitative estimate of drug-likeness (QED) is 0.298. The molecule has 24 heavy (non-hydrogen) atoms. The molecule has 0 spiro atoms. The molecular formula is C16H15NaO5S2. The molecule has 0 amide bonds. The molecule has 1 heterocycles. The normalized spacial score (nSPS) is 11.4. The van der Waals surface area contributed by atoms with Gasteiger partial charge < -0.3 is 6.16 Å². The van der Waals surface area contributed by atoms with Crippen LogP contribution in [0.4, 0.5) is 0 Å². The Morgan fingerprint density at radius 1 is 1.08 bits per heavy atom. The molecule has 1 aromatic heterocycles. The fourth-order valence-corrected chi connectivity index (χ4v) is 3.84. The van der Waals surface area contributed by atoms with Gasteiger partial charge in [0.05, 0.1) is 12.4 Å². The van der Waals surface area contributed by atoms with Crippen LogP contribution < -0.4 is 39.7 Å². The molecule has 0 saturated heterocycles. The summed E-state index contributed by atoms with van der Waals surface area (Å²) in [5.41, 5.74) is -0.0438. The summed E-state index contributed by atoms with van der Waals surface area (Å²) in [5.74, 6) is 0.160. The molecule has 2 aromatic carbocycles. The van der Waals surface area contributed by atoms with E-state index in [4.69, 9.17) is 9.29 Å². The van der Waals surface area contributed by atoms with E-state index in [9.17, 15) is 13.2 Å². The van der Waals surface area contributed by atoms with E-state index in [1.54, 1.807) is 18.2 Å². The number of rotatable bonds is 5. The van der Waals surface area contributed by atoms with Gasteiger partial charge in [-0.25, -0.2) is 0 Å². The third kappa shape index (κ3) is 4.56. The number of fused-ring (bicyclic) bond motifs is 2. The molecule has 0 aliphatic heterocycles. The van der Waals surface area contributed by atoms with Gasteiger partial charge >= 0.3 is 29.6 Å². The molecule has 1 N–H and O–H groups in total. The molecule has 0 radical (unpaired) electrons. The summed E-state index contributed by atoms with van der Waals surface area (Å²) in [6.45, 7) is 0.149. The molecule has 0 saturated carbocycles. The SMILES string of the molecule is O=c1c2ccccc2sc2ccc(OCCCS(=O)(=O)O)cc12.[H-].[Na+]. The maximum atomic E-state index is 12.5. The Balaban J connectivity index is 0.00000156. The van der Waals surface area contributed by atoms with Gasteiger partial charge in [-0.05, 0) is 36.8 Å². The van der Waals surface area contributed by atoms with Gasteiger partial charge in [-0.3, -0.25) is 9.35 Å². The van der Waals surface area contributed by atoms with Crippen molar-refractivity contribution >= 4 is 41.6 Å². The molecule has 0 unspecified atom stereocenters. The predicted octanol–water partition coefficient (Wildman–Crippen LogP) is 0.188. The van der Waals surface area contributed by atoms with Crippen LogP contribution in [0.15, 0.2) is 47.3 Å². The number of ether oxygens (including phenoxy) is 1. The van der Waals surface area contributed by atoms with Crippen molar-refractivity contribution in [2.24, 2.45) is 0 Å². The molecule has 122 valence electrons. The van der Waals surface area contributed by atoms with E-state index >= 15 is 0 Å². The van der Waals surface area contributed by atoms with Gasteiger partial charge in [-0.2, -0.15) is 8.42 Å². The zero-order chi connectivity index (χ0) is 16.4. The predicted molar refractivity (Wildman–Crippen MR) is 93.2 cm³/mol. The van der Waals surface area contributed by atoms with Crippen molar-refractivity contribution < 1.29 is 48.7 Å². The average Bonchev–Trinajstić information content (AvgIpc) is 2.51. The van der Waals surface area contributed by atoms with E-state index in [0.29, 0.717) is 16.5 Å². The second kappa shape index (κ2) is 7.95. The van der Waals surface area contributed by atoms with Crippen LogP contribution in [-0.2, 0) is 10.1 Å². The fourth-order valence-electron chi connectivity index (χ4n) is 2.30. The van der Waals surface area contributed by atoms with Crippen molar-refractivity contribution in [3.63, 3.8) is 0 Å². The minimum absolute atomic E-state index is 0. The van der Waals surface area contributed by atoms with E-state index < -0.39 is 10.1 Å². The van der Waals surface area contributed by atoms with Crippen LogP contribution in [0, 0.1) is 0 Å². The molecule has 0 fully saturated rings. The average molecular weight is 374 g/mol. The van der Waals surface area contributed by atoms with Crippen LogP contribution in [0.2, 0.25) is 0 Å². The minimum atomic E-state index is -3.97. The molecule has 3 rings (SSSR count). The molecule has 0 atom stereocenters. The molecule has 0 aliphatic rings. The van der Waals surface area contributed by atoms with Gasteiger partial charge in [0.1, 0.15) is 5.75 Å². The summed E-state index contributed by atoms with van der Waals surface area (Å²) < 4.78 is 37.2. The van der Waals surface area contributed by atoms with E-state index in [1.165, 1.54) is 11.3 Å². The summed E-state index contributed by atoms with van der Waals surface area (Å²) in [4.78, 5) is 12.5. The third-order valence-corrected chi connectivity index (χ3v) is 5.32. The van der Waals surface area contributed by atoms with Crippen LogP contribution >= 0.6 is 11.3 Å². The molecule has 8 heteroatoms. The second-order valence-corrected chi connectivity index (χ2v) is 7.73. The summed E-state index contributed by atoms with van der Waals surface area (Å²) in [7, 11) is -3.97. The van der Waals surface area contributed by atoms with Crippen molar-refractivity contribution in [2.75, 3.05) is 12.4 Å². The standard InChI is InChI=1S/C16H14O5S2.Na.H/c17-16-12-4-1-2-5-14(12)22-15-7-6-11(10-13(15)16)21-8-3-9-23(18,19)20;;/h1-2,4-7,10H,3,8-9H2,(H,18,19,20);;/q;+1;-1. The Morgan fingerprint density at radius 3 is 2.54 bits per heavy atom. The summed E-state index contributed by atoms with van der Waals surface area (Å²) in [6.07, 6.45) is 0.182. The van der Waals surface area contributed by atoms with Gasteiger partial charge in [0.15, 0.2) is 5.43 Å². The monoisotopic (exact) mass is 374 g/mol. The first-order chi connectivity index (χ1) is 10.9. The van der Waals surface area contributed by atoms with Crippen LogP contribution in [0.25, 0.3) is 20.2 Å². The summed E-state index contributed by atoms with van der Waals surface area (Å²) >= 11 is 1.54. The second-order valence-electron chi connectivity index (χ2n) is 5.07. The first kappa shape index (κ1) is 19.4. The third-order valence-electron chi connectivity index (χ3n) is 3.36. The Bertz CT molecular complexity index is 1030. The van der Waals surface area contributed by atoms with Gasteiger partial charge in [-0.15, -0.1) is 11.3 Å². The zero-order valence-corrected chi connectivity index (χ0v) is 16.7. The number of hydrogen-bond donors (Lipinski definition) is 1. The summed E-state index contributed by atoms with van der Waals surface area (Å²) in [6, 6.07) is 12.7. The van der Waals surface area contributed by atoms with Crippen molar-refractivity contribution in [1.29, 1.82) is 0 Å². The summed E-state index contributed by atoms with van der Waals surface area (Å²) in [5, 5.41) is 1.26. The first-order valence-electron chi connectivity index (χ1n) is 6.98. The van der Waals surface area contributed by atoms with Gasteiger partial charge in [-0.1, -0.05) is 12.1 Å². The van der Waals surface area contributed by atoms with Crippen LogP contribution in [0.3, 0.4) is 0 Å². The van der Waals surface area contributed by atoms with Gasteiger partial charge in [0.2, 0.25) is 0 Å². The molecular weight excluding hydrogens is 359 g/mol. The number of hydrogen-bond acceptors (Lipinski definition) is 5. The van der Waals surface area contributed by atoms with Crippen molar-refractivity contribution in [3.8, 4) is 5.75 Å². The van der Waals surface area contributed by atoms with E-state index in [0.717, 1.165) is 9.40 Å². The fraction of sp³-hybridized carbons (Fsp3) is 0.188.